The fourth-order valence-electron chi connectivity index (χ4n) is 2.50. The Morgan fingerprint density at radius 3 is 2.46 bits per heavy atom. The van der Waals surface area contributed by atoms with Crippen LogP contribution in [0.2, 0.25) is 0 Å². The Labute approximate surface area is 142 Å². The molecule has 2 aromatic carbocycles. The van der Waals surface area contributed by atoms with Crippen LogP contribution in [0.15, 0.2) is 52.4 Å². The molecule has 4 rings (SSSR count). The fraction of sp³-hybridized carbons (Fsp3) is 0.111. The molecule has 24 heavy (non-hydrogen) atoms. The standard InChI is InChI=1S/C18H14N2O3S/c1-21-12-5-3-11(4-6-12)17-20-15-10-13(22-2)9-14(16(15)23-17)18-19-7-8-24-18/h3-10H,1-2H3. The van der Waals surface area contributed by atoms with Crippen LogP contribution < -0.4 is 9.47 Å². The molecule has 0 unspecified atom stereocenters. The number of thiazole rings is 1. The van der Waals surface area contributed by atoms with Crippen LogP contribution in [0.3, 0.4) is 0 Å². The minimum Gasteiger partial charge on any atom is -0.497 e. The van der Waals surface area contributed by atoms with Crippen molar-refractivity contribution in [1.82, 2.24) is 9.97 Å². The predicted molar refractivity (Wildman–Crippen MR) is 93.7 cm³/mol. The Kier molecular flexibility index (Phi) is 3.66. The Morgan fingerprint density at radius 1 is 1.00 bits per heavy atom. The van der Waals surface area contributed by atoms with Crippen LogP contribution in [0.1, 0.15) is 0 Å². The van der Waals surface area contributed by atoms with Crippen LogP contribution in [0.4, 0.5) is 0 Å². The molecule has 0 spiro atoms. The number of nitrogens with zero attached hydrogens (tertiary/aromatic N) is 2. The van der Waals surface area contributed by atoms with Gasteiger partial charge in [-0.1, -0.05) is 0 Å². The van der Waals surface area contributed by atoms with Crippen LogP contribution in [-0.2, 0) is 0 Å². The van der Waals surface area contributed by atoms with E-state index in [4.69, 9.17) is 13.9 Å². The summed E-state index contributed by atoms with van der Waals surface area (Å²) in [4.78, 5) is 8.98. The van der Waals surface area contributed by atoms with Crippen LogP contribution in [-0.4, -0.2) is 24.2 Å². The molecular formula is C18H14N2O3S. The molecule has 0 saturated heterocycles. The van der Waals surface area contributed by atoms with E-state index in [9.17, 15) is 0 Å². The molecule has 0 aliphatic rings. The Hall–Kier alpha value is -2.86. The molecular weight excluding hydrogens is 324 g/mol. The van der Waals surface area contributed by atoms with Crippen molar-refractivity contribution in [3.8, 4) is 33.5 Å². The van der Waals surface area contributed by atoms with Crippen LogP contribution in [0, 0.1) is 0 Å². The number of hydrogen-bond acceptors (Lipinski definition) is 6. The van der Waals surface area contributed by atoms with E-state index in [0.29, 0.717) is 11.5 Å². The molecule has 5 nitrogen and oxygen atoms in total. The van der Waals surface area contributed by atoms with E-state index in [-0.39, 0.29) is 0 Å². The molecule has 0 saturated carbocycles. The predicted octanol–water partition coefficient (Wildman–Crippen LogP) is 4.64. The summed E-state index contributed by atoms with van der Waals surface area (Å²) in [6.45, 7) is 0. The van der Waals surface area contributed by atoms with Crippen molar-refractivity contribution in [2.24, 2.45) is 0 Å². The lowest BCUT2D eigenvalue weighted by molar-refractivity contribution is 0.415. The van der Waals surface area contributed by atoms with Crippen molar-refractivity contribution in [3.63, 3.8) is 0 Å². The first-order valence-corrected chi connectivity index (χ1v) is 8.19. The summed E-state index contributed by atoms with van der Waals surface area (Å²) >= 11 is 1.55. The summed E-state index contributed by atoms with van der Waals surface area (Å²) < 4.78 is 16.6. The summed E-state index contributed by atoms with van der Waals surface area (Å²) in [5.41, 5.74) is 3.21. The zero-order valence-corrected chi connectivity index (χ0v) is 14.0. The van der Waals surface area contributed by atoms with Crippen LogP contribution in [0.5, 0.6) is 11.5 Å². The smallest absolute Gasteiger partial charge is 0.227 e. The number of fused-ring (bicyclic) bond motifs is 1. The molecule has 0 fully saturated rings. The minimum atomic E-state index is 0.554. The maximum atomic E-state index is 6.04. The van der Waals surface area contributed by atoms with Gasteiger partial charge in [0, 0.05) is 23.2 Å². The maximum absolute atomic E-state index is 6.04. The highest BCUT2D eigenvalue weighted by Gasteiger charge is 2.16. The average Bonchev–Trinajstić information content (AvgIpc) is 3.30. The fourth-order valence-corrected chi connectivity index (χ4v) is 3.15. The van der Waals surface area contributed by atoms with Gasteiger partial charge in [-0.2, -0.15) is 0 Å². The second-order valence-corrected chi connectivity index (χ2v) is 6.00. The van der Waals surface area contributed by atoms with E-state index in [2.05, 4.69) is 9.97 Å². The highest BCUT2D eigenvalue weighted by Crippen LogP contribution is 2.36. The van der Waals surface area contributed by atoms with Gasteiger partial charge in [0.2, 0.25) is 5.89 Å². The molecule has 0 aliphatic carbocycles. The van der Waals surface area contributed by atoms with Gasteiger partial charge in [0.25, 0.3) is 0 Å². The van der Waals surface area contributed by atoms with E-state index >= 15 is 0 Å². The highest BCUT2D eigenvalue weighted by atomic mass is 32.1. The summed E-state index contributed by atoms with van der Waals surface area (Å²) in [6.07, 6.45) is 1.77. The lowest BCUT2D eigenvalue weighted by Gasteiger charge is -2.02. The third kappa shape index (κ3) is 2.51. The summed E-state index contributed by atoms with van der Waals surface area (Å²) in [5, 5.41) is 2.80. The van der Waals surface area contributed by atoms with Crippen molar-refractivity contribution < 1.29 is 13.9 Å². The molecule has 0 amide bonds. The van der Waals surface area contributed by atoms with Crippen molar-refractivity contribution in [3.05, 3.63) is 48.0 Å². The monoisotopic (exact) mass is 338 g/mol. The van der Waals surface area contributed by atoms with Gasteiger partial charge in [-0.25, -0.2) is 9.97 Å². The summed E-state index contributed by atoms with van der Waals surface area (Å²) in [6, 6.07) is 11.4. The van der Waals surface area contributed by atoms with Gasteiger partial charge in [-0.15, -0.1) is 11.3 Å². The summed E-state index contributed by atoms with van der Waals surface area (Å²) in [7, 11) is 3.28. The van der Waals surface area contributed by atoms with Crippen molar-refractivity contribution in [2.45, 2.75) is 0 Å². The van der Waals surface area contributed by atoms with E-state index in [1.54, 1.807) is 31.8 Å². The highest BCUT2D eigenvalue weighted by molar-refractivity contribution is 7.13. The maximum Gasteiger partial charge on any atom is 0.227 e. The largest absolute Gasteiger partial charge is 0.497 e. The topological polar surface area (TPSA) is 57.4 Å². The lowest BCUT2D eigenvalue weighted by atomic mass is 10.2. The van der Waals surface area contributed by atoms with Gasteiger partial charge < -0.3 is 13.9 Å². The van der Waals surface area contributed by atoms with E-state index < -0.39 is 0 Å². The third-order valence-corrected chi connectivity index (χ3v) is 4.51. The first-order valence-electron chi connectivity index (χ1n) is 7.31. The second kappa shape index (κ2) is 5.98. The van der Waals surface area contributed by atoms with Crippen LogP contribution in [0.25, 0.3) is 33.1 Å². The van der Waals surface area contributed by atoms with Gasteiger partial charge in [-0.05, 0) is 30.3 Å². The first-order chi connectivity index (χ1) is 11.8. The molecule has 0 N–H and O–H groups in total. The van der Waals surface area contributed by atoms with Gasteiger partial charge in [0.1, 0.15) is 22.0 Å². The van der Waals surface area contributed by atoms with Gasteiger partial charge in [0.15, 0.2) is 5.58 Å². The number of hydrogen-bond donors (Lipinski definition) is 0. The van der Waals surface area contributed by atoms with Crippen LogP contribution >= 0.6 is 11.3 Å². The normalized spacial score (nSPS) is 10.9. The molecule has 0 radical (unpaired) electrons. The molecule has 2 aromatic heterocycles. The minimum absolute atomic E-state index is 0.554. The molecule has 0 atom stereocenters. The molecule has 0 bridgehead atoms. The molecule has 2 heterocycles. The Morgan fingerprint density at radius 2 is 1.79 bits per heavy atom. The number of benzene rings is 2. The van der Waals surface area contributed by atoms with Gasteiger partial charge in [0.05, 0.1) is 19.8 Å². The van der Waals surface area contributed by atoms with Gasteiger partial charge in [-0.3, -0.25) is 0 Å². The number of rotatable bonds is 4. The van der Waals surface area contributed by atoms with E-state index in [0.717, 1.165) is 33.2 Å². The zero-order chi connectivity index (χ0) is 16.5. The second-order valence-electron chi connectivity index (χ2n) is 5.11. The van der Waals surface area contributed by atoms with Crippen molar-refractivity contribution in [2.75, 3.05) is 14.2 Å². The quantitative estimate of drug-likeness (QED) is 0.543. The lowest BCUT2D eigenvalue weighted by Crippen LogP contribution is -1.85. The third-order valence-electron chi connectivity index (χ3n) is 3.70. The molecule has 0 aliphatic heterocycles. The molecule has 4 aromatic rings. The number of oxazole rings is 1. The Balaban J connectivity index is 1.89. The average molecular weight is 338 g/mol. The number of aromatic nitrogens is 2. The first kappa shape index (κ1) is 14.7. The number of ether oxygens (including phenoxy) is 2. The van der Waals surface area contributed by atoms with Crippen molar-refractivity contribution in [1.29, 1.82) is 0 Å². The Bertz CT molecular complexity index is 976. The zero-order valence-electron chi connectivity index (χ0n) is 13.1. The molecule has 120 valence electrons. The SMILES string of the molecule is COc1ccc(-c2nc3cc(OC)cc(-c4nccs4)c3o2)cc1. The number of methoxy groups -OCH3 is 2. The van der Waals surface area contributed by atoms with Crippen molar-refractivity contribution >= 4 is 22.4 Å². The molecule has 6 heteroatoms. The van der Waals surface area contributed by atoms with E-state index in [1.807, 2.05) is 41.8 Å². The van der Waals surface area contributed by atoms with E-state index in [1.165, 1.54) is 0 Å². The van der Waals surface area contributed by atoms with Gasteiger partial charge >= 0.3 is 0 Å². The summed E-state index contributed by atoms with van der Waals surface area (Å²) in [5.74, 6) is 2.07.